The van der Waals surface area contributed by atoms with E-state index in [1.807, 2.05) is 7.05 Å². The summed E-state index contributed by atoms with van der Waals surface area (Å²) in [5.41, 5.74) is 2.69. The van der Waals surface area contributed by atoms with Gasteiger partial charge in [-0.2, -0.15) is 0 Å². The Kier molecular flexibility index (Phi) is 4.68. The highest BCUT2D eigenvalue weighted by atomic mass is 79.9. The van der Waals surface area contributed by atoms with Crippen LogP contribution >= 0.6 is 15.9 Å². The van der Waals surface area contributed by atoms with Gasteiger partial charge in [-0.3, -0.25) is 0 Å². The van der Waals surface area contributed by atoms with Crippen LogP contribution in [0.1, 0.15) is 44.7 Å². The molecule has 0 bridgehead atoms. The Morgan fingerprint density at radius 2 is 2.17 bits per heavy atom. The highest BCUT2D eigenvalue weighted by Gasteiger charge is 2.28. The lowest BCUT2D eigenvalue weighted by atomic mass is 10.1. The standard InChI is InChI=1S/C15H23BrN2/c1-4-9-18(12-5-6-12)13-7-8-14(11(2)17-3)15(16)10-13/h7-8,10-12,17H,4-6,9H2,1-3H3. The van der Waals surface area contributed by atoms with E-state index >= 15 is 0 Å². The van der Waals surface area contributed by atoms with Crippen molar-refractivity contribution in [3.05, 3.63) is 28.2 Å². The molecular weight excluding hydrogens is 288 g/mol. The first-order valence-electron chi connectivity index (χ1n) is 6.90. The van der Waals surface area contributed by atoms with Crippen LogP contribution in [0.3, 0.4) is 0 Å². The molecule has 1 aromatic carbocycles. The molecule has 0 aromatic heterocycles. The van der Waals surface area contributed by atoms with Gasteiger partial charge in [0.2, 0.25) is 0 Å². The third-order valence-electron chi connectivity index (χ3n) is 3.67. The molecule has 1 fully saturated rings. The van der Waals surface area contributed by atoms with Gasteiger partial charge in [0, 0.05) is 28.8 Å². The van der Waals surface area contributed by atoms with Crippen LogP contribution in [-0.4, -0.2) is 19.6 Å². The van der Waals surface area contributed by atoms with Gasteiger partial charge in [-0.25, -0.2) is 0 Å². The molecule has 3 heteroatoms. The number of benzene rings is 1. The van der Waals surface area contributed by atoms with Crippen molar-refractivity contribution in [2.45, 2.75) is 45.2 Å². The molecule has 100 valence electrons. The minimum absolute atomic E-state index is 0.383. The molecule has 0 radical (unpaired) electrons. The van der Waals surface area contributed by atoms with Gasteiger partial charge in [-0.15, -0.1) is 0 Å². The fourth-order valence-electron chi connectivity index (χ4n) is 2.35. The van der Waals surface area contributed by atoms with Crippen molar-refractivity contribution in [3.8, 4) is 0 Å². The SMILES string of the molecule is CCCN(c1ccc(C(C)NC)c(Br)c1)C1CC1. The van der Waals surface area contributed by atoms with E-state index in [0.717, 1.165) is 12.6 Å². The minimum atomic E-state index is 0.383. The van der Waals surface area contributed by atoms with Crippen LogP contribution in [0.4, 0.5) is 5.69 Å². The number of hydrogen-bond donors (Lipinski definition) is 1. The van der Waals surface area contributed by atoms with Crippen LogP contribution in [0, 0.1) is 0 Å². The molecular formula is C15H23BrN2. The average molecular weight is 311 g/mol. The zero-order valence-electron chi connectivity index (χ0n) is 11.5. The van der Waals surface area contributed by atoms with Crippen LogP contribution in [0.15, 0.2) is 22.7 Å². The minimum Gasteiger partial charge on any atom is -0.369 e. The second kappa shape index (κ2) is 6.07. The monoisotopic (exact) mass is 310 g/mol. The molecule has 2 nitrogen and oxygen atoms in total. The molecule has 0 saturated heterocycles. The van der Waals surface area contributed by atoms with Gasteiger partial charge in [0.1, 0.15) is 0 Å². The van der Waals surface area contributed by atoms with Crippen LogP contribution in [0.2, 0.25) is 0 Å². The van der Waals surface area contributed by atoms with Gasteiger partial charge in [-0.1, -0.05) is 28.9 Å². The van der Waals surface area contributed by atoms with Gasteiger partial charge in [0.25, 0.3) is 0 Å². The van der Waals surface area contributed by atoms with E-state index in [4.69, 9.17) is 0 Å². The molecule has 1 N–H and O–H groups in total. The Hall–Kier alpha value is -0.540. The lowest BCUT2D eigenvalue weighted by molar-refractivity contribution is 0.649. The van der Waals surface area contributed by atoms with Crippen molar-refractivity contribution in [2.75, 3.05) is 18.5 Å². The summed E-state index contributed by atoms with van der Waals surface area (Å²) in [5, 5.41) is 3.29. The van der Waals surface area contributed by atoms with E-state index in [0.29, 0.717) is 6.04 Å². The maximum Gasteiger partial charge on any atom is 0.0380 e. The number of rotatable bonds is 6. The second-order valence-electron chi connectivity index (χ2n) is 5.14. The van der Waals surface area contributed by atoms with Crippen molar-refractivity contribution in [1.82, 2.24) is 5.32 Å². The van der Waals surface area contributed by atoms with E-state index in [1.165, 1.54) is 35.0 Å². The topological polar surface area (TPSA) is 15.3 Å². The fraction of sp³-hybridized carbons (Fsp3) is 0.600. The predicted octanol–water partition coefficient (Wildman–Crippen LogP) is 4.11. The van der Waals surface area contributed by atoms with E-state index < -0.39 is 0 Å². The van der Waals surface area contributed by atoms with Crippen LogP contribution in [0.25, 0.3) is 0 Å². The molecule has 0 spiro atoms. The van der Waals surface area contributed by atoms with Gasteiger partial charge in [0.05, 0.1) is 0 Å². The lowest BCUT2D eigenvalue weighted by Gasteiger charge is -2.25. The molecule has 0 amide bonds. The predicted molar refractivity (Wildman–Crippen MR) is 82.3 cm³/mol. The first kappa shape index (κ1) is 13.9. The van der Waals surface area contributed by atoms with Gasteiger partial charge < -0.3 is 10.2 Å². The summed E-state index contributed by atoms with van der Waals surface area (Å²) in [6.45, 7) is 5.60. The number of anilines is 1. The highest BCUT2D eigenvalue weighted by molar-refractivity contribution is 9.10. The van der Waals surface area contributed by atoms with Gasteiger partial charge >= 0.3 is 0 Å². The van der Waals surface area contributed by atoms with Gasteiger partial charge in [-0.05, 0) is 50.9 Å². The molecule has 1 aliphatic carbocycles. The van der Waals surface area contributed by atoms with E-state index in [-0.39, 0.29) is 0 Å². The van der Waals surface area contributed by atoms with Crippen LogP contribution < -0.4 is 10.2 Å². The summed E-state index contributed by atoms with van der Waals surface area (Å²) >= 11 is 3.71. The highest BCUT2D eigenvalue weighted by Crippen LogP contribution is 2.35. The summed E-state index contributed by atoms with van der Waals surface area (Å²) in [4.78, 5) is 2.55. The van der Waals surface area contributed by atoms with Crippen molar-refractivity contribution in [3.63, 3.8) is 0 Å². The number of nitrogens with zero attached hydrogens (tertiary/aromatic N) is 1. The summed E-state index contributed by atoms with van der Waals surface area (Å²) < 4.78 is 1.21. The summed E-state index contributed by atoms with van der Waals surface area (Å²) in [6, 6.07) is 7.95. The molecule has 0 aliphatic heterocycles. The normalized spacial score (nSPS) is 16.7. The average Bonchev–Trinajstić information content (AvgIpc) is 3.19. The Balaban J connectivity index is 2.21. The summed E-state index contributed by atoms with van der Waals surface area (Å²) in [7, 11) is 2.00. The summed E-state index contributed by atoms with van der Waals surface area (Å²) in [5.74, 6) is 0. The third kappa shape index (κ3) is 3.07. The maximum absolute atomic E-state index is 3.71. The molecule has 1 aliphatic rings. The molecule has 1 atom stereocenters. The fourth-order valence-corrected chi connectivity index (χ4v) is 3.06. The molecule has 1 saturated carbocycles. The Morgan fingerprint density at radius 3 is 2.67 bits per heavy atom. The van der Waals surface area contributed by atoms with Crippen LogP contribution in [0.5, 0.6) is 0 Å². The molecule has 1 aromatic rings. The van der Waals surface area contributed by atoms with Crippen molar-refractivity contribution < 1.29 is 0 Å². The Bertz CT molecular complexity index is 401. The Labute approximate surface area is 119 Å². The lowest BCUT2D eigenvalue weighted by Crippen LogP contribution is -2.26. The van der Waals surface area contributed by atoms with Gasteiger partial charge in [0.15, 0.2) is 0 Å². The zero-order chi connectivity index (χ0) is 13.1. The largest absolute Gasteiger partial charge is 0.369 e. The van der Waals surface area contributed by atoms with E-state index in [2.05, 4.69) is 58.2 Å². The van der Waals surface area contributed by atoms with Crippen LogP contribution in [-0.2, 0) is 0 Å². The molecule has 18 heavy (non-hydrogen) atoms. The van der Waals surface area contributed by atoms with Crippen molar-refractivity contribution in [1.29, 1.82) is 0 Å². The molecule has 2 rings (SSSR count). The number of hydrogen-bond acceptors (Lipinski definition) is 2. The number of halogens is 1. The van der Waals surface area contributed by atoms with Crippen molar-refractivity contribution >= 4 is 21.6 Å². The smallest absolute Gasteiger partial charge is 0.0380 e. The second-order valence-corrected chi connectivity index (χ2v) is 6.00. The quantitative estimate of drug-likeness (QED) is 0.850. The van der Waals surface area contributed by atoms with E-state index in [9.17, 15) is 0 Å². The maximum atomic E-state index is 3.71. The third-order valence-corrected chi connectivity index (χ3v) is 4.35. The zero-order valence-corrected chi connectivity index (χ0v) is 13.1. The summed E-state index contributed by atoms with van der Waals surface area (Å²) in [6.07, 6.45) is 3.92. The van der Waals surface area contributed by atoms with E-state index in [1.54, 1.807) is 0 Å². The number of nitrogens with one attached hydrogen (secondary N) is 1. The Morgan fingerprint density at radius 1 is 1.44 bits per heavy atom. The molecule has 0 heterocycles. The first-order chi connectivity index (χ1) is 8.67. The van der Waals surface area contributed by atoms with Crippen molar-refractivity contribution in [2.24, 2.45) is 0 Å². The first-order valence-corrected chi connectivity index (χ1v) is 7.70. The molecule has 1 unspecified atom stereocenters.